The Hall–Kier alpha value is -2.03. The molecule has 0 radical (unpaired) electrons. The number of sulfonamides is 1. The molecule has 1 N–H and O–H groups in total. The predicted octanol–water partition coefficient (Wildman–Crippen LogP) is 6.33. The van der Waals surface area contributed by atoms with Crippen molar-refractivity contribution in [3.63, 3.8) is 0 Å². The molecule has 3 aromatic rings. The van der Waals surface area contributed by atoms with E-state index in [9.17, 15) is 13.2 Å². The normalized spacial score (nSPS) is 15.2. The number of rotatable bonds is 7. The Balaban J connectivity index is 1.37. The van der Waals surface area contributed by atoms with E-state index in [1.165, 1.54) is 4.31 Å². The molecule has 1 heterocycles. The minimum absolute atomic E-state index is 0.0905. The Bertz CT molecular complexity index is 1240. The number of nitrogens with zero attached hydrogens (tertiary/aromatic N) is 1. The molecule has 0 aliphatic carbocycles. The number of carbonyl (C=O) groups is 1. The molecule has 0 saturated carbocycles. The van der Waals surface area contributed by atoms with Crippen molar-refractivity contribution in [3.8, 4) is 0 Å². The van der Waals surface area contributed by atoms with Crippen molar-refractivity contribution in [3.05, 3.63) is 88.4 Å². The lowest BCUT2D eigenvalue weighted by Crippen LogP contribution is -2.42. The first-order valence-corrected chi connectivity index (χ1v) is 14.0. The number of benzene rings is 3. The number of para-hydroxylation sites is 1. The van der Waals surface area contributed by atoms with Crippen molar-refractivity contribution in [2.24, 2.45) is 5.92 Å². The highest BCUT2D eigenvalue weighted by atomic mass is 35.5. The highest BCUT2D eigenvalue weighted by Gasteiger charge is 2.32. The van der Waals surface area contributed by atoms with Crippen molar-refractivity contribution >= 4 is 56.6 Å². The maximum atomic E-state index is 13.0. The molecule has 1 amide bonds. The Morgan fingerprint density at radius 2 is 1.53 bits per heavy atom. The first-order valence-electron chi connectivity index (χ1n) is 10.9. The fourth-order valence-electron chi connectivity index (χ4n) is 3.85. The van der Waals surface area contributed by atoms with Crippen LogP contribution in [0.5, 0.6) is 0 Å². The van der Waals surface area contributed by atoms with Gasteiger partial charge in [0.2, 0.25) is 15.9 Å². The van der Waals surface area contributed by atoms with Crippen molar-refractivity contribution in [1.82, 2.24) is 4.31 Å². The van der Waals surface area contributed by atoms with Crippen LogP contribution in [0.4, 0.5) is 5.69 Å². The van der Waals surface area contributed by atoms with Crippen LogP contribution in [0.2, 0.25) is 10.0 Å². The minimum Gasteiger partial charge on any atom is -0.325 e. The molecule has 0 spiro atoms. The minimum atomic E-state index is -3.60. The van der Waals surface area contributed by atoms with Gasteiger partial charge in [0.15, 0.2) is 0 Å². The lowest BCUT2D eigenvalue weighted by Gasteiger charge is -2.31. The second-order valence-corrected chi connectivity index (χ2v) is 11.9. The SMILES string of the molecule is O=C(Nc1ccccc1Sc1ccccc1)C1CCN(S(=O)(=O)Cc2c(Cl)cccc2Cl)CC1. The molecule has 4 rings (SSSR count). The number of amides is 1. The van der Waals surface area contributed by atoms with Crippen LogP contribution in [-0.2, 0) is 20.6 Å². The zero-order valence-electron chi connectivity index (χ0n) is 18.3. The number of hydrogen-bond donors (Lipinski definition) is 1. The summed E-state index contributed by atoms with van der Waals surface area (Å²) in [6.45, 7) is 0.561. The van der Waals surface area contributed by atoms with Gasteiger partial charge in [0, 0.05) is 44.4 Å². The van der Waals surface area contributed by atoms with E-state index in [4.69, 9.17) is 23.2 Å². The lowest BCUT2D eigenvalue weighted by molar-refractivity contribution is -0.120. The molecule has 9 heteroatoms. The predicted molar refractivity (Wildman–Crippen MR) is 139 cm³/mol. The Morgan fingerprint density at radius 3 is 2.21 bits per heavy atom. The van der Waals surface area contributed by atoms with Gasteiger partial charge in [-0.05, 0) is 49.2 Å². The summed E-state index contributed by atoms with van der Waals surface area (Å²) in [6, 6.07) is 22.6. The summed E-state index contributed by atoms with van der Waals surface area (Å²) in [5, 5.41) is 3.71. The smallest absolute Gasteiger partial charge is 0.227 e. The van der Waals surface area contributed by atoms with Gasteiger partial charge >= 0.3 is 0 Å². The van der Waals surface area contributed by atoms with Crippen molar-refractivity contribution in [1.29, 1.82) is 0 Å². The Kier molecular flexibility index (Phi) is 8.22. The van der Waals surface area contributed by atoms with Crippen molar-refractivity contribution in [2.45, 2.75) is 28.4 Å². The van der Waals surface area contributed by atoms with Gasteiger partial charge in [0.05, 0.1) is 11.4 Å². The van der Waals surface area contributed by atoms with E-state index in [2.05, 4.69) is 5.32 Å². The number of hydrogen-bond acceptors (Lipinski definition) is 4. The molecule has 1 aliphatic heterocycles. The largest absolute Gasteiger partial charge is 0.325 e. The average Bonchev–Trinajstić information content (AvgIpc) is 2.83. The van der Waals surface area contributed by atoms with Crippen LogP contribution in [0.25, 0.3) is 0 Å². The van der Waals surface area contributed by atoms with Gasteiger partial charge in [-0.3, -0.25) is 4.79 Å². The molecule has 1 saturated heterocycles. The quantitative estimate of drug-likeness (QED) is 0.384. The fraction of sp³-hybridized carbons (Fsp3) is 0.240. The molecule has 34 heavy (non-hydrogen) atoms. The van der Waals surface area contributed by atoms with Crippen LogP contribution in [0, 0.1) is 5.92 Å². The number of carbonyl (C=O) groups excluding carboxylic acids is 1. The summed E-state index contributed by atoms with van der Waals surface area (Å²) >= 11 is 13.9. The summed E-state index contributed by atoms with van der Waals surface area (Å²) in [7, 11) is -3.60. The molecule has 1 aliphatic rings. The van der Waals surface area contributed by atoms with E-state index in [0.717, 1.165) is 15.5 Å². The van der Waals surface area contributed by atoms with E-state index in [-0.39, 0.29) is 30.7 Å². The maximum absolute atomic E-state index is 13.0. The zero-order valence-corrected chi connectivity index (χ0v) is 21.4. The number of nitrogens with one attached hydrogen (secondary N) is 1. The number of halogens is 2. The Morgan fingerprint density at radius 1 is 0.912 bits per heavy atom. The van der Waals surface area contributed by atoms with Gasteiger partial charge in [0.25, 0.3) is 0 Å². The molecule has 0 unspecified atom stereocenters. The third-order valence-electron chi connectivity index (χ3n) is 5.72. The molecule has 0 bridgehead atoms. The fourth-order valence-corrected chi connectivity index (χ4v) is 7.09. The second-order valence-electron chi connectivity index (χ2n) is 8.03. The topological polar surface area (TPSA) is 66.5 Å². The van der Waals surface area contributed by atoms with Gasteiger partial charge in [-0.25, -0.2) is 12.7 Å². The van der Waals surface area contributed by atoms with E-state index in [1.54, 1.807) is 30.0 Å². The van der Waals surface area contributed by atoms with E-state index < -0.39 is 10.0 Å². The highest BCUT2D eigenvalue weighted by molar-refractivity contribution is 7.99. The Labute approximate surface area is 214 Å². The molecule has 5 nitrogen and oxygen atoms in total. The van der Waals surface area contributed by atoms with Crippen LogP contribution in [0.3, 0.4) is 0 Å². The lowest BCUT2D eigenvalue weighted by atomic mass is 9.97. The van der Waals surface area contributed by atoms with Crippen molar-refractivity contribution in [2.75, 3.05) is 18.4 Å². The van der Waals surface area contributed by atoms with Crippen molar-refractivity contribution < 1.29 is 13.2 Å². The van der Waals surface area contributed by atoms with Crippen LogP contribution < -0.4 is 5.32 Å². The maximum Gasteiger partial charge on any atom is 0.227 e. The second kappa shape index (κ2) is 11.1. The molecule has 3 aromatic carbocycles. The van der Waals surface area contributed by atoms with Crippen LogP contribution in [-0.4, -0.2) is 31.7 Å². The molecular weight excluding hydrogens is 511 g/mol. The third-order valence-corrected chi connectivity index (χ3v) is 9.32. The van der Waals surface area contributed by atoms with Crippen LogP contribution in [0.15, 0.2) is 82.6 Å². The van der Waals surface area contributed by atoms with Gasteiger partial charge in [-0.15, -0.1) is 0 Å². The highest BCUT2D eigenvalue weighted by Crippen LogP contribution is 2.34. The van der Waals surface area contributed by atoms with Crippen LogP contribution >= 0.6 is 35.0 Å². The number of piperidine rings is 1. The molecule has 0 atom stereocenters. The van der Waals surface area contributed by atoms with Crippen LogP contribution in [0.1, 0.15) is 18.4 Å². The summed E-state index contributed by atoms with van der Waals surface area (Å²) in [4.78, 5) is 15.0. The number of anilines is 1. The first kappa shape index (κ1) is 25.1. The zero-order chi connectivity index (χ0) is 24.1. The van der Waals surface area contributed by atoms with Gasteiger partial charge < -0.3 is 5.32 Å². The summed E-state index contributed by atoms with van der Waals surface area (Å²) in [5.74, 6) is -0.607. The monoisotopic (exact) mass is 534 g/mol. The molecule has 0 aromatic heterocycles. The van der Waals surface area contributed by atoms with E-state index in [1.807, 2.05) is 54.6 Å². The summed E-state index contributed by atoms with van der Waals surface area (Å²) < 4.78 is 27.3. The first-order chi connectivity index (χ1) is 16.3. The summed E-state index contributed by atoms with van der Waals surface area (Å²) in [5.41, 5.74) is 1.16. The van der Waals surface area contributed by atoms with E-state index >= 15 is 0 Å². The summed E-state index contributed by atoms with van der Waals surface area (Å²) in [6.07, 6.45) is 0.907. The van der Waals surface area contributed by atoms with E-state index in [0.29, 0.717) is 28.5 Å². The third kappa shape index (κ3) is 6.15. The average molecular weight is 536 g/mol. The van der Waals surface area contributed by atoms with Gasteiger partial charge in [0.1, 0.15) is 0 Å². The molecule has 1 fully saturated rings. The van der Waals surface area contributed by atoms with Gasteiger partial charge in [-0.1, -0.05) is 71.4 Å². The molecular formula is C25H24Cl2N2O3S2. The van der Waals surface area contributed by atoms with Gasteiger partial charge in [-0.2, -0.15) is 0 Å². The molecule has 178 valence electrons. The standard InChI is InChI=1S/C25H24Cl2N2O3S2/c26-21-9-6-10-22(27)20(21)17-34(31,32)29-15-13-18(14-16-29)25(30)28-23-11-4-5-12-24(23)33-19-7-2-1-3-8-19/h1-12,18H,13-17H2,(H,28,30).